The molecule has 0 atom stereocenters. The second kappa shape index (κ2) is 8.32. The third-order valence-electron chi connectivity index (χ3n) is 5.09. The van der Waals surface area contributed by atoms with Crippen LogP contribution in [0, 0.1) is 5.41 Å². The van der Waals surface area contributed by atoms with E-state index in [4.69, 9.17) is 9.47 Å². The molecule has 5 nitrogen and oxygen atoms in total. The van der Waals surface area contributed by atoms with Crippen LogP contribution in [0.25, 0.3) is 0 Å². The smallest absolute Gasteiger partial charge is 0.252 e. The lowest BCUT2D eigenvalue weighted by molar-refractivity contribution is -0.147. The second-order valence-corrected chi connectivity index (χ2v) is 6.23. The molecule has 124 valence electrons. The van der Waals surface area contributed by atoms with Crippen molar-refractivity contribution in [3.05, 3.63) is 0 Å². The highest BCUT2D eigenvalue weighted by molar-refractivity contribution is 5.85. The molecule has 6 heteroatoms. The van der Waals surface area contributed by atoms with E-state index in [0.29, 0.717) is 0 Å². The Morgan fingerprint density at radius 3 is 2.33 bits per heavy atom. The van der Waals surface area contributed by atoms with Crippen LogP contribution in [-0.4, -0.2) is 52.0 Å². The fourth-order valence-corrected chi connectivity index (χ4v) is 3.29. The van der Waals surface area contributed by atoms with E-state index in [9.17, 15) is 4.79 Å². The molecule has 1 aliphatic carbocycles. The highest BCUT2D eigenvalue weighted by Crippen LogP contribution is 2.43. The van der Waals surface area contributed by atoms with Crippen LogP contribution in [0.3, 0.4) is 0 Å². The van der Waals surface area contributed by atoms with E-state index in [1.165, 1.54) is 19.3 Å². The maximum atomic E-state index is 12.5. The van der Waals surface area contributed by atoms with Crippen molar-refractivity contribution in [3.8, 4) is 0 Å². The van der Waals surface area contributed by atoms with Crippen LogP contribution in [0.1, 0.15) is 38.5 Å². The first-order valence-corrected chi connectivity index (χ1v) is 7.70. The van der Waals surface area contributed by atoms with Gasteiger partial charge in [0.15, 0.2) is 0 Å². The molecule has 0 aromatic heterocycles. The van der Waals surface area contributed by atoms with Crippen molar-refractivity contribution in [2.45, 2.75) is 44.1 Å². The molecule has 2 rings (SSSR count). The summed E-state index contributed by atoms with van der Waals surface area (Å²) < 4.78 is 10.8. The minimum Gasteiger partial charge on any atom is -0.385 e. The van der Waals surface area contributed by atoms with Crippen LogP contribution in [0.4, 0.5) is 0 Å². The van der Waals surface area contributed by atoms with E-state index in [-0.39, 0.29) is 23.7 Å². The highest BCUT2D eigenvalue weighted by Gasteiger charge is 2.42. The fourth-order valence-electron chi connectivity index (χ4n) is 3.29. The molecule has 1 heterocycles. The van der Waals surface area contributed by atoms with Gasteiger partial charge in [-0.1, -0.05) is 6.42 Å². The molecular weight excluding hydrogens is 292 g/mol. The summed E-state index contributed by atoms with van der Waals surface area (Å²) in [5, 5.41) is 6.42. The molecule has 21 heavy (non-hydrogen) atoms. The second-order valence-electron chi connectivity index (χ2n) is 6.23. The number of rotatable bonds is 7. The van der Waals surface area contributed by atoms with E-state index in [1.807, 2.05) is 0 Å². The fraction of sp³-hybridized carbons (Fsp3) is 0.933. The van der Waals surface area contributed by atoms with Crippen LogP contribution >= 0.6 is 12.4 Å². The lowest BCUT2D eigenvalue weighted by Crippen LogP contribution is -2.56. The SMILES string of the molecule is COCCC1(CNC(=O)C2(OC)CCNCC2)CCC1.Cl. The minimum atomic E-state index is -0.628. The molecule has 1 saturated heterocycles. The Labute approximate surface area is 133 Å². The van der Waals surface area contributed by atoms with Gasteiger partial charge in [-0.2, -0.15) is 0 Å². The summed E-state index contributed by atoms with van der Waals surface area (Å²) in [6, 6.07) is 0. The molecule has 1 saturated carbocycles. The summed E-state index contributed by atoms with van der Waals surface area (Å²) in [5.74, 6) is 0.0604. The first-order chi connectivity index (χ1) is 9.66. The Balaban J connectivity index is 0.00000220. The van der Waals surface area contributed by atoms with E-state index in [1.54, 1.807) is 14.2 Å². The zero-order valence-corrected chi connectivity index (χ0v) is 14.0. The average molecular weight is 321 g/mol. The standard InChI is InChI=1S/C15H28N2O3.ClH/c1-19-11-8-14(4-3-5-14)12-17-13(18)15(20-2)6-9-16-10-7-15;/h16H,3-12H2,1-2H3,(H,17,18);1H. The third-order valence-corrected chi connectivity index (χ3v) is 5.09. The lowest BCUT2D eigenvalue weighted by Gasteiger charge is -2.43. The topological polar surface area (TPSA) is 59.6 Å². The Bertz CT molecular complexity index is 329. The minimum absolute atomic E-state index is 0. The number of carbonyl (C=O) groups excluding carboxylic acids is 1. The van der Waals surface area contributed by atoms with Crippen LogP contribution in [-0.2, 0) is 14.3 Å². The number of halogens is 1. The molecule has 0 aromatic carbocycles. The third kappa shape index (κ3) is 4.31. The van der Waals surface area contributed by atoms with Gasteiger partial charge in [0.05, 0.1) is 0 Å². The van der Waals surface area contributed by atoms with Gasteiger partial charge in [0.25, 0.3) is 5.91 Å². The summed E-state index contributed by atoms with van der Waals surface area (Å²) in [6.45, 7) is 3.22. The van der Waals surface area contributed by atoms with Gasteiger partial charge in [0.1, 0.15) is 5.60 Å². The molecule has 0 bridgehead atoms. The molecule has 0 unspecified atom stereocenters. The number of hydrogen-bond donors (Lipinski definition) is 2. The molecule has 0 spiro atoms. The van der Waals surface area contributed by atoms with Crippen molar-refractivity contribution in [3.63, 3.8) is 0 Å². The average Bonchev–Trinajstić information content (AvgIpc) is 2.46. The lowest BCUT2D eigenvalue weighted by atomic mass is 9.66. The van der Waals surface area contributed by atoms with Crippen LogP contribution in [0.5, 0.6) is 0 Å². The number of methoxy groups -OCH3 is 2. The summed E-state index contributed by atoms with van der Waals surface area (Å²) in [7, 11) is 3.38. The van der Waals surface area contributed by atoms with E-state index in [2.05, 4.69) is 10.6 Å². The number of hydrogen-bond acceptors (Lipinski definition) is 4. The number of ether oxygens (including phenoxy) is 2. The Morgan fingerprint density at radius 1 is 1.19 bits per heavy atom. The van der Waals surface area contributed by atoms with E-state index < -0.39 is 5.60 Å². The molecule has 1 amide bonds. The van der Waals surface area contributed by atoms with Crippen molar-refractivity contribution >= 4 is 18.3 Å². The Hall–Kier alpha value is -0.360. The largest absolute Gasteiger partial charge is 0.385 e. The van der Waals surface area contributed by atoms with Crippen molar-refractivity contribution in [1.29, 1.82) is 0 Å². The summed E-state index contributed by atoms with van der Waals surface area (Å²) in [6.07, 6.45) is 6.18. The van der Waals surface area contributed by atoms with Crippen molar-refractivity contribution in [2.75, 3.05) is 40.5 Å². The molecule has 2 fully saturated rings. The predicted molar refractivity (Wildman–Crippen MR) is 84.9 cm³/mol. The predicted octanol–water partition coefficient (Wildman–Crippen LogP) is 1.50. The van der Waals surface area contributed by atoms with Gasteiger partial charge < -0.3 is 20.1 Å². The molecule has 0 aromatic rings. The van der Waals surface area contributed by atoms with Gasteiger partial charge in [-0.15, -0.1) is 12.4 Å². The maximum Gasteiger partial charge on any atom is 0.252 e. The van der Waals surface area contributed by atoms with Gasteiger partial charge in [0.2, 0.25) is 0 Å². The Morgan fingerprint density at radius 2 is 1.86 bits per heavy atom. The first kappa shape index (κ1) is 18.7. The van der Waals surface area contributed by atoms with Crippen LogP contribution < -0.4 is 10.6 Å². The summed E-state index contributed by atoms with van der Waals surface area (Å²) >= 11 is 0. The van der Waals surface area contributed by atoms with Crippen LogP contribution in [0.15, 0.2) is 0 Å². The van der Waals surface area contributed by atoms with Crippen molar-refractivity contribution < 1.29 is 14.3 Å². The Kier molecular flexibility index (Phi) is 7.40. The zero-order chi connectivity index (χ0) is 14.5. The van der Waals surface area contributed by atoms with Crippen molar-refractivity contribution in [1.82, 2.24) is 10.6 Å². The van der Waals surface area contributed by atoms with Gasteiger partial charge in [-0.05, 0) is 50.6 Å². The summed E-state index contributed by atoms with van der Waals surface area (Å²) in [4.78, 5) is 12.5. The van der Waals surface area contributed by atoms with E-state index in [0.717, 1.165) is 45.5 Å². The number of carbonyl (C=O) groups is 1. The molecule has 2 N–H and O–H groups in total. The molecule has 2 aliphatic rings. The van der Waals surface area contributed by atoms with Gasteiger partial charge in [-0.3, -0.25) is 4.79 Å². The quantitative estimate of drug-likeness (QED) is 0.746. The maximum absolute atomic E-state index is 12.5. The van der Waals surface area contributed by atoms with Gasteiger partial charge in [-0.25, -0.2) is 0 Å². The monoisotopic (exact) mass is 320 g/mol. The first-order valence-electron chi connectivity index (χ1n) is 7.70. The van der Waals surface area contributed by atoms with Gasteiger partial charge in [0, 0.05) is 27.4 Å². The molecule has 1 aliphatic heterocycles. The van der Waals surface area contributed by atoms with Crippen molar-refractivity contribution in [2.24, 2.45) is 5.41 Å². The van der Waals surface area contributed by atoms with Gasteiger partial charge >= 0.3 is 0 Å². The molecule has 0 radical (unpaired) electrons. The number of nitrogens with one attached hydrogen (secondary N) is 2. The van der Waals surface area contributed by atoms with E-state index >= 15 is 0 Å². The summed E-state index contributed by atoms with van der Waals surface area (Å²) in [5.41, 5.74) is -0.370. The molecular formula is C15H29ClN2O3. The van der Waals surface area contributed by atoms with Crippen LogP contribution in [0.2, 0.25) is 0 Å². The zero-order valence-electron chi connectivity index (χ0n) is 13.2. The number of amides is 1. The number of piperidine rings is 1. The highest BCUT2D eigenvalue weighted by atomic mass is 35.5. The normalized spacial score (nSPS) is 22.8.